The van der Waals surface area contributed by atoms with Gasteiger partial charge in [0, 0.05) is 42.6 Å². The van der Waals surface area contributed by atoms with Crippen molar-refractivity contribution in [1.29, 1.82) is 0 Å². The first-order chi connectivity index (χ1) is 13.2. The van der Waals surface area contributed by atoms with E-state index >= 15 is 0 Å². The summed E-state index contributed by atoms with van der Waals surface area (Å²) in [5.74, 6) is -2.60. The fraction of sp³-hybridized carbons (Fsp3) is 0.667. The van der Waals surface area contributed by atoms with Crippen LogP contribution in [0, 0.1) is 23.1 Å². The van der Waals surface area contributed by atoms with E-state index in [9.17, 15) is 18.0 Å². The molecular formula is C21H26ClF3N2O. The molecule has 1 N–H and O–H groups in total. The van der Waals surface area contributed by atoms with E-state index in [0.717, 1.165) is 38.9 Å². The van der Waals surface area contributed by atoms with Crippen molar-refractivity contribution in [3.63, 3.8) is 0 Å². The minimum absolute atomic E-state index is 0.0366. The molecule has 2 saturated carbocycles. The topological polar surface area (TPSA) is 32.3 Å². The molecule has 1 amide bonds. The summed E-state index contributed by atoms with van der Waals surface area (Å²) in [5.41, 5.74) is 0.630. The van der Waals surface area contributed by atoms with E-state index in [1.54, 1.807) is 6.07 Å². The number of likely N-dealkylation sites (tertiary alicyclic amines) is 1. The SMILES string of the molecule is O=C(Nc1cc(F)cc(Cl)c1)C1CC2(C1)CN(CCC1CCC(F)(F)CC1)C2. The van der Waals surface area contributed by atoms with Crippen LogP contribution in [0.3, 0.4) is 0 Å². The van der Waals surface area contributed by atoms with E-state index in [1.807, 2.05) is 0 Å². The molecule has 1 aromatic rings. The van der Waals surface area contributed by atoms with E-state index in [-0.39, 0.29) is 35.1 Å². The van der Waals surface area contributed by atoms with E-state index < -0.39 is 11.7 Å². The molecule has 3 fully saturated rings. The molecule has 1 aromatic carbocycles. The first-order valence-corrected chi connectivity index (χ1v) is 10.5. The summed E-state index contributed by atoms with van der Waals surface area (Å²) >= 11 is 5.82. The number of hydrogen-bond donors (Lipinski definition) is 1. The molecule has 1 aliphatic heterocycles. The van der Waals surface area contributed by atoms with Crippen LogP contribution in [-0.4, -0.2) is 36.4 Å². The number of carbonyl (C=O) groups is 1. The molecule has 1 heterocycles. The van der Waals surface area contributed by atoms with Gasteiger partial charge in [0.05, 0.1) is 0 Å². The summed E-state index contributed by atoms with van der Waals surface area (Å²) in [4.78, 5) is 14.7. The number of nitrogens with zero attached hydrogens (tertiary/aromatic N) is 1. The maximum atomic E-state index is 13.4. The highest BCUT2D eigenvalue weighted by Crippen LogP contribution is 2.52. The number of alkyl halides is 2. The number of hydrogen-bond acceptors (Lipinski definition) is 2. The molecule has 2 aliphatic carbocycles. The van der Waals surface area contributed by atoms with Crippen molar-refractivity contribution < 1.29 is 18.0 Å². The zero-order chi connectivity index (χ0) is 19.9. The largest absolute Gasteiger partial charge is 0.326 e. The number of benzene rings is 1. The molecule has 0 unspecified atom stereocenters. The number of rotatable bonds is 5. The summed E-state index contributed by atoms with van der Waals surface area (Å²) in [6, 6.07) is 4.02. The van der Waals surface area contributed by atoms with E-state index in [1.165, 1.54) is 12.1 Å². The normalized spacial score (nSPS) is 24.6. The van der Waals surface area contributed by atoms with Crippen LogP contribution < -0.4 is 5.32 Å². The van der Waals surface area contributed by atoms with E-state index in [0.29, 0.717) is 24.4 Å². The molecule has 1 saturated heterocycles. The van der Waals surface area contributed by atoms with Crippen LogP contribution in [0.1, 0.15) is 44.9 Å². The van der Waals surface area contributed by atoms with Gasteiger partial charge in [0.25, 0.3) is 0 Å². The molecule has 3 nitrogen and oxygen atoms in total. The Balaban J connectivity index is 1.16. The van der Waals surface area contributed by atoms with Gasteiger partial charge >= 0.3 is 0 Å². The van der Waals surface area contributed by atoms with Gasteiger partial charge in [-0.05, 0) is 68.2 Å². The molecule has 154 valence electrons. The Kier molecular flexibility index (Phi) is 5.38. The standard InChI is InChI=1S/C21H26ClF3N2O/c22-16-7-17(23)9-18(8-16)26-19(28)15-10-20(11-15)12-27(13-20)6-3-14-1-4-21(24,25)5-2-14/h7-9,14-15H,1-6,10-13H2,(H,26,28). The first-order valence-electron chi connectivity index (χ1n) is 10.1. The highest BCUT2D eigenvalue weighted by atomic mass is 35.5. The predicted molar refractivity (Wildman–Crippen MR) is 103 cm³/mol. The lowest BCUT2D eigenvalue weighted by Crippen LogP contribution is -2.63. The van der Waals surface area contributed by atoms with Crippen molar-refractivity contribution in [2.45, 2.75) is 50.9 Å². The van der Waals surface area contributed by atoms with Crippen LogP contribution in [-0.2, 0) is 4.79 Å². The van der Waals surface area contributed by atoms with Gasteiger partial charge in [-0.3, -0.25) is 4.79 Å². The molecule has 4 rings (SSSR count). The number of anilines is 1. The molecule has 0 radical (unpaired) electrons. The monoisotopic (exact) mass is 414 g/mol. The van der Waals surface area contributed by atoms with E-state index in [4.69, 9.17) is 11.6 Å². The lowest BCUT2D eigenvalue weighted by Gasteiger charge is -2.59. The molecule has 0 bridgehead atoms. The minimum atomic E-state index is -2.45. The van der Waals surface area contributed by atoms with Crippen LogP contribution >= 0.6 is 11.6 Å². The Morgan fingerprint density at radius 3 is 2.50 bits per heavy atom. The van der Waals surface area contributed by atoms with Gasteiger partial charge in [0.15, 0.2) is 0 Å². The van der Waals surface area contributed by atoms with Crippen molar-refractivity contribution in [3.05, 3.63) is 29.0 Å². The maximum absolute atomic E-state index is 13.4. The van der Waals surface area contributed by atoms with Gasteiger partial charge in [-0.1, -0.05) is 11.6 Å². The maximum Gasteiger partial charge on any atom is 0.248 e. The number of carbonyl (C=O) groups excluding carboxylic acids is 1. The van der Waals surface area contributed by atoms with Crippen molar-refractivity contribution in [2.75, 3.05) is 25.0 Å². The molecule has 3 aliphatic rings. The zero-order valence-electron chi connectivity index (χ0n) is 15.8. The molecule has 7 heteroatoms. The van der Waals surface area contributed by atoms with Crippen LogP contribution in [0.2, 0.25) is 5.02 Å². The smallest absolute Gasteiger partial charge is 0.248 e. The lowest BCUT2D eigenvalue weighted by atomic mass is 9.57. The lowest BCUT2D eigenvalue weighted by molar-refractivity contribution is -0.139. The van der Waals surface area contributed by atoms with Gasteiger partial charge in [0.1, 0.15) is 5.82 Å². The van der Waals surface area contributed by atoms with Crippen LogP contribution in [0.4, 0.5) is 18.9 Å². The number of nitrogens with one attached hydrogen (secondary N) is 1. The highest BCUT2D eigenvalue weighted by molar-refractivity contribution is 6.30. The Bertz CT molecular complexity index is 713. The Labute approximate surface area is 168 Å². The van der Waals surface area contributed by atoms with Gasteiger partial charge < -0.3 is 10.2 Å². The van der Waals surface area contributed by atoms with Crippen LogP contribution in [0.15, 0.2) is 18.2 Å². The Morgan fingerprint density at radius 1 is 1.18 bits per heavy atom. The van der Waals surface area contributed by atoms with Gasteiger partial charge in [0.2, 0.25) is 11.8 Å². The third kappa shape index (κ3) is 4.48. The molecular weight excluding hydrogens is 389 g/mol. The predicted octanol–water partition coefficient (Wildman–Crippen LogP) is 5.35. The van der Waals surface area contributed by atoms with Crippen molar-refractivity contribution in [2.24, 2.45) is 17.3 Å². The number of halogens is 4. The fourth-order valence-corrected chi connectivity index (χ4v) is 5.34. The summed E-state index contributed by atoms with van der Waals surface area (Å²) in [6.07, 6.45) is 4.05. The zero-order valence-corrected chi connectivity index (χ0v) is 16.6. The van der Waals surface area contributed by atoms with E-state index in [2.05, 4.69) is 10.2 Å². The quantitative estimate of drug-likeness (QED) is 0.704. The Morgan fingerprint density at radius 2 is 1.86 bits per heavy atom. The second-order valence-electron chi connectivity index (χ2n) is 9.05. The average molecular weight is 415 g/mol. The summed E-state index contributed by atoms with van der Waals surface area (Å²) in [6.45, 7) is 2.95. The molecule has 28 heavy (non-hydrogen) atoms. The second-order valence-corrected chi connectivity index (χ2v) is 9.49. The summed E-state index contributed by atoms with van der Waals surface area (Å²) in [7, 11) is 0. The van der Waals surface area contributed by atoms with Crippen molar-refractivity contribution in [1.82, 2.24) is 4.90 Å². The second kappa shape index (κ2) is 7.52. The third-order valence-electron chi connectivity index (χ3n) is 6.67. The summed E-state index contributed by atoms with van der Waals surface area (Å²) < 4.78 is 39.8. The number of amides is 1. The highest BCUT2D eigenvalue weighted by Gasteiger charge is 2.54. The molecule has 0 aromatic heterocycles. The Hall–Kier alpha value is -1.27. The third-order valence-corrected chi connectivity index (χ3v) is 6.89. The molecule has 0 atom stereocenters. The molecule has 1 spiro atoms. The van der Waals surface area contributed by atoms with Crippen LogP contribution in [0.5, 0.6) is 0 Å². The fourth-order valence-electron chi connectivity index (χ4n) is 5.11. The minimum Gasteiger partial charge on any atom is -0.326 e. The van der Waals surface area contributed by atoms with Crippen molar-refractivity contribution in [3.8, 4) is 0 Å². The van der Waals surface area contributed by atoms with Crippen LogP contribution in [0.25, 0.3) is 0 Å². The summed E-state index contributed by atoms with van der Waals surface area (Å²) in [5, 5.41) is 3.02. The average Bonchev–Trinajstić information content (AvgIpc) is 2.52. The van der Waals surface area contributed by atoms with Gasteiger partial charge in [-0.2, -0.15) is 0 Å². The van der Waals surface area contributed by atoms with Crippen molar-refractivity contribution >= 4 is 23.2 Å². The van der Waals surface area contributed by atoms with Gasteiger partial charge in [-0.15, -0.1) is 0 Å². The first kappa shape index (κ1) is 20.0. The van der Waals surface area contributed by atoms with Gasteiger partial charge in [-0.25, -0.2) is 13.2 Å².